The topological polar surface area (TPSA) is 132 Å². The summed E-state index contributed by atoms with van der Waals surface area (Å²) in [6.45, 7) is 7.10. The second kappa shape index (κ2) is 15.5. The molecule has 3 amide bonds. The lowest BCUT2D eigenvalue weighted by Gasteiger charge is -2.33. The van der Waals surface area contributed by atoms with Gasteiger partial charge in [0.25, 0.3) is 17.7 Å². The quantitative estimate of drug-likeness (QED) is 0.177. The Labute approximate surface area is 303 Å². The van der Waals surface area contributed by atoms with Gasteiger partial charge < -0.3 is 29.3 Å². The SMILES string of the molecule is CCOC(=O)C1(COC(=O)Cc2ccc(NC(=O)c3ccc(C)cc3-c3ccc(OC(C)C)cc3)c(C(=O)N(C)C)c2)c2ccccc2C(=O)N1C. The minimum absolute atomic E-state index is 0.0229. The van der Waals surface area contributed by atoms with Gasteiger partial charge in [0.2, 0.25) is 5.54 Å². The Morgan fingerprint density at radius 2 is 1.58 bits per heavy atom. The van der Waals surface area contributed by atoms with Crippen molar-refractivity contribution in [1.82, 2.24) is 9.80 Å². The van der Waals surface area contributed by atoms with Gasteiger partial charge in [0.1, 0.15) is 12.4 Å². The van der Waals surface area contributed by atoms with Gasteiger partial charge in [0, 0.05) is 37.8 Å². The first-order valence-corrected chi connectivity index (χ1v) is 17.0. The number of anilines is 1. The van der Waals surface area contributed by atoms with Crippen LogP contribution in [0.2, 0.25) is 0 Å². The molecule has 11 heteroatoms. The monoisotopic (exact) mass is 705 g/mol. The number of ether oxygens (including phenoxy) is 3. The van der Waals surface area contributed by atoms with Gasteiger partial charge in [-0.25, -0.2) is 4.79 Å². The van der Waals surface area contributed by atoms with Crippen molar-refractivity contribution in [2.75, 3.05) is 39.7 Å². The second-order valence-electron chi connectivity index (χ2n) is 13.1. The van der Waals surface area contributed by atoms with E-state index < -0.39 is 35.9 Å². The number of nitrogens with zero attached hydrogens (tertiary/aromatic N) is 2. The van der Waals surface area contributed by atoms with Crippen LogP contribution in [0.3, 0.4) is 0 Å². The number of aryl methyl sites for hydroxylation is 1. The Kier molecular flexibility index (Phi) is 11.1. The predicted molar refractivity (Wildman–Crippen MR) is 196 cm³/mol. The molecular weight excluding hydrogens is 662 g/mol. The highest BCUT2D eigenvalue weighted by atomic mass is 16.6. The number of amides is 3. The Morgan fingerprint density at radius 3 is 2.25 bits per heavy atom. The fraction of sp³-hybridized carbons (Fsp3) is 0.293. The fourth-order valence-electron chi connectivity index (χ4n) is 6.20. The molecule has 5 rings (SSSR count). The van der Waals surface area contributed by atoms with Crippen LogP contribution < -0.4 is 10.1 Å². The molecule has 1 atom stereocenters. The van der Waals surface area contributed by atoms with Gasteiger partial charge in [-0.2, -0.15) is 0 Å². The molecule has 0 saturated carbocycles. The average Bonchev–Trinajstić information content (AvgIpc) is 3.33. The first-order chi connectivity index (χ1) is 24.8. The number of hydrogen-bond donors (Lipinski definition) is 1. The van der Waals surface area contributed by atoms with Crippen molar-refractivity contribution in [1.29, 1.82) is 0 Å². The number of fused-ring (bicyclic) bond motifs is 1. The van der Waals surface area contributed by atoms with Crippen LogP contribution in [-0.4, -0.2) is 79.9 Å². The molecule has 1 unspecified atom stereocenters. The van der Waals surface area contributed by atoms with Crippen molar-refractivity contribution in [2.45, 2.75) is 45.8 Å². The van der Waals surface area contributed by atoms with Gasteiger partial charge in [0.15, 0.2) is 0 Å². The molecule has 0 fully saturated rings. The summed E-state index contributed by atoms with van der Waals surface area (Å²) in [6, 6.07) is 24.4. The zero-order valence-corrected chi connectivity index (χ0v) is 30.4. The molecular formula is C41H43N3O8. The van der Waals surface area contributed by atoms with Crippen molar-refractivity contribution >= 4 is 35.3 Å². The summed E-state index contributed by atoms with van der Waals surface area (Å²) >= 11 is 0. The average molecular weight is 706 g/mol. The van der Waals surface area contributed by atoms with E-state index in [0.717, 1.165) is 16.9 Å². The van der Waals surface area contributed by atoms with Gasteiger partial charge in [-0.15, -0.1) is 0 Å². The fourth-order valence-corrected chi connectivity index (χ4v) is 6.20. The third-order valence-corrected chi connectivity index (χ3v) is 8.81. The first-order valence-electron chi connectivity index (χ1n) is 17.0. The minimum Gasteiger partial charge on any atom is -0.491 e. The molecule has 4 aromatic carbocycles. The molecule has 1 aliphatic rings. The van der Waals surface area contributed by atoms with Crippen LogP contribution in [0.15, 0.2) is 84.9 Å². The van der Waals surface area contributed by atoms with Crippen molar-refractivity contribution in [2.24, 2.45) is 0 Å². The number of esters is 2. The number of rotatable bonds is 12. The largest absolute Gasteiger partial charge is 0.491 e. The standard InChI is InChI=1S/C41H43N3O8/c1-8-50-40(49)41(34-12-10-9-11-31(34)39(48)44(41)7)24-51-36(45)23-27-14-20-35(33(22-27)38(47)43(5)6)42-37(46)30-19-13-26(4)21-32(30)28-15-17-29(18-16-28)52-25(2)3/h9-22,25H,8,23-24H2,1-7H3,(H,42,46). The van der Waals surface area contributed by atoms with E-state index in [2.05, 4.69) is 5.32 Å². The first kappa shape index (κ1) is 37.3. The van der Waals surface area contributed by atoms with E-state index in [1.165, 1.54) is 22.9 Å². The van der Waals surface area contributed by atoms with E-state index in [0.29, 0.717) is 27.8 Å². The van der Waals surface area contributed by atoms with Gasteiger partial charge in [-0.3, -0.25) is 19.2 Å². The van der Waals surface area contributed by atoms with Crippen LogP contribution in [0.1, 0.15) is 68.5 Å². The van der Waals surface area contributed by atoms with Gasteiger partial charge in [-0.05, 0) is 80.8 Å². The normalized spacial score (nSPS) is 14.8. The van der Waals surface area contributed by atoms with Crippen molar-refractivity contribution in [3.63, 3.8) is 0 Å². The summed E-state index contributed by atoms with van der Waals surface area (Å²) in [5.41, 5.74) is 2.85. The van der Waals surface area contributed by atoms with Gasteiger partial charge in [0.05, 0.1) is 30.4 Å². The molecule has 4 aromatic rings. The molecule has 0 bridgehead atoms. The highest BCUT2D eigenvalue weighted by Crippen LogP contribution is 2.40. The van der Waals surface area contributed by atoms with Crippen LogP contribution in [0.4, 0.5) is 5.69 Å². The molecule has 0 aliphatic carbocycles. The highest BCUT2D eigenvalue weighted by Gasteiger charge is 2.55. The summed E-state index contributed by atoms with van der Waals surface area (Å²) in [7, 11) is 4.65. The van der Waals surface area contributed by atoms with E-state index in [1.807, 2.05) is 57.2 Å². The number of hydrogen-bond acceptors (Lipinski definition) is 8. The second-order valence-corrected chi connectivity index (χ2v) is 13.1. The van der Waals surface area contributed by atoms with Crippen LogP contribution in [0, 0.1) is 6.92 Å². The van der Waals surface area contributed by atoms with E-state index >= 15 is 0 Å². The van der Waals surface area contributed by atoms with Crippen LogP contribution in [0.5, 0.6) is 5.75 Å². The summed E-state index contributed by atoms with van der Waals surface area (Å²) in [4.78, 5) is 69.5. The number of benzene rings is 4. The van der Waals surface area contributed by atoms with Crippen LogP contribution in [0.25, 0.3) is 11.1 Å². The Balaban J connectivity index is 1.38. The molecule has 0 radical (unpaired) electrons. The van der Waals surface area contributed by atoms with Crippen LogP contribution in [-0.2, 0) is 31.0 Å². The predicted octanol–water partition coefficient (Wildman–Crippen LogP) is 6.03. The lowest BCUT2D eigenvalue weighted by Crippen LogP contribution is -2.52. The third kappa shape index (κ3) is 7.53. The summed E-state index contributed by atoms with van der Waals surface area (Å²) in [6.07, 6.45) is -0.228. The molecule has 0 saturated heterocycles. The maximum Gasteiger partial charge on any atom is 0.340 e. The van der Waals surface area contributed by atoms with E-state index in [-0.39, 0.29) is 36.3 Å². The molecule has 52 heavy (non-hydrogen) atoms. The van der Waals surface area contributed by atoms with E-state index in [9.17, 15) is 24.0 Å². The number of carbonyl (C=O) groups excluding carboxylic acids is 5. The van der Waals surface area contributed by atoms with Crippen LogP contribution >= 0.6 is 0 Å². The third-order valence-electron chi connectivity index (χ3n) is 8.81. The number of likely N-dealkylation sites (N-methyl/N-ethyl adjacent to an activating group) is 1. The molecule has 1 aliphatic heterocycles. The Hall–Kier alpha value is -5.97. The van der Waals surface area contributed by atoms with Gasteiger partial charge in [-0.1, -0.05) is 54.1 Å². The smallest absolute Gasteiger partial charge is 0.340 e. The summed E-state index contributed by atoms with van der Waals surface area (Å²) in [5, 5.41) is 2.90. The Morgan fingerprint density at radius 1 is 0.865 bits per heavy atom. The van der Waals surface area contributed by atoms with Crippen molar-refractivity contribution < 1.29 is 38.2 Å². The van der Waals surface area contributed by atoms with Crippen molar-refractivity contribution in [3.05, 3.63) is 118 Å². The molecule has 1 N–H and O–H groups in total. The lowest BCUT2D eigenvalue weighted by molar-refractivity contribution is -0.163. The van der Waals surface area contributed by atoms with E-state index in [1.54, 1.807) is 63.5 Å². The van der Waals surface area contributed by atoms with Crippen molar-refractivity contribution in [3.8, 4) is 16.9 Å². The van der Waals surface area contributed by atoms with E-state index in [4.69, 9.17) is 14.2 Å². The lowest BCUT2D eigenvalue weighted by atomic mass is 9.90. The molecule has 270 valence electrons. The number of carbonyl (C=O) groups is 5. The zero-order valence-electron chi connectivity index (χ0n) is 30.4. The Bertz CT molecular complexity index is 2020. The zero-order chi connectivity index (χ0) is 37.7. The maximum absolute atomic E-state index is 13.8. The molecule has 11 nitrogen and oxygen atoms in total. The maximum atomic E-state index is 13.8. The molecule has 0 spiro atoms. The molecule has 1 heterocycles. The minimum atomic E-state index is -1.65. The summed E-state index contributed by atoms with van der Waals surface area (Å²) < 4.78 is 16.8. The molecule has 0 aromatic heterocycles. The highest BCUT2D eigenvalue weighted by molar-refractivity contribution is 6.12. The summed E-state index contributed by atoms with van der Waals surface area (Å²) in [5.74, 6) is -1.88. The number of nitrogens with one attached hydrogen (secondary N) is 1. The van der Waals surface area contributed by atoms with Gasteiger partial charge >= 0.3 is 11.9 Å².